The van der Waals surface area contributed by atoms with Crippen molar-refractivity contribution in [2.45, 2.75) is 45.1 Å². The van der Waals surface area contributed by atoms with Gasteiger partial charge in [0.1, 0.15) is 6.04 Å². The van der Waals surface area contributed by atoms with Crippen LogP contribution in [0.5, 0.6) is 0 Å². The van der Waals surface area contributed by atoms with Crippen LogP contribution in [-0.2, 0) is 14.3 Å². The highest BCUT2D eigenvalue weighted by molar-refractivity contribution is 5.89. The molecule has 0 radical (unpaired) electrons. The fourth-order valence-electron chi connectivity index (χ4n) is 1.90. The van der Waals surface area contributed by atoms with E-state index in [1.165, 1.54) is 0 Å². The van der Waals surface area contributed by atoms with Gasteiger partial charge >= 0.3 is 5.97 Å². The Kier molecular flexibility index (Phi) is 4.93. The Morgan fingerprint density at radius 3 is 2.53 bits per heavy atom. The molecule has 1 rings (SSSR count). The summed E-state index contributed by atoms with van der Waals surface area (Å²) in [6, 6.07) is -0.757. The number of hydrogen-bond donors (Lipinski definition) is 2. The summed E-state index contributed by atoms with van der Waals surface area (Å²) >= 11 is 0. The third-order valence-corrected chi connectivity index (χ3v) is 3.30. The first-order valence-electron chi connectivity index (χ1n) is 6.08. The highest BCUT2D eigenvalue weighted by atomic mass is 16.5. The summed E-state index contributed by atoms with van der Waals surface area (Å²) in [5.74, 6) is -1.09. The third kappa shape index (κ3) is 3.70. The van der Waals surface area contributed by atoms with E-state index in [-0.39, 0.29) is 11.3 Å². The molecule has 1 fully saturated rings. The standard InChI is InChI=1S/C12H21NO4/c1-3-4-9(10(14)15)13-11(16)12(5-6-12)7-8-17-2/h9H,3-8H2,1-2H3,(H,13,16)(H,14,15). The molecule has 0 aliphatic heterocycles. The fourth-order valence-corrected chi connectivity index (χ4v) is 1.90. The lowest BCUT2D eigenvalue weighted by molar-refractivity contribution is -0.143. The quantitative estimate of drug-likeness (QED) is 0.671. The molecule has 2 N–H and O–H groups in total. The SMILES string of the molecule is CCCC(NC(=O)C1(CCOC)CC1)C(=O)O. The van der Waals surface area contributed by atoms with Gasteiger partial charge in [-0.2, -0.15) is 0 Å². The topological polar surface area (TPSA) is 75.6 Å². The summed E-state index contributed by atoms with van der Waals surface area (Å²) < 4.78 is 4.97. The zero-order valence-corrected chi connectivity index (χ0v) is 10.5. The molecule has 1 atom stereocenters. The lowest BCUT2D eigenvalue weighted by Crippen LogP contribution is -2.44. The second-order valence-electron chi connectivity index (χ2n) is 4.68. The van der Waals surface area contributed by atoms with Crippen molar-refractivity contribution in [3.8, 4) is 0 Å². The first-order chi connectivity index (χ1) is 8.05. The molecule has 1 amide bonds. The van der Waals surface area contributed by atoms with Gasteiger partial charge in [-0.25, -0.2) is 4.79 Å². The maximum absolute atomic E-state index is 12.0. The number of amides is 1. The van der Waals surface area contributed by atoms with Crippen molar-refractivity contribution in [2.75, 3.05) is 13.7 Å². The van der Waals surface area contributed by atoms with Crippen LogP contribution in [0.3, 0.4) is 0 Å². The monoisotopic (exact) mass is 243 g/mol. The summed E-state index contributed by atoms with van der Waals surface area (Å²) in [5, 5.41) is 11.6. The zero-order chi connectivity index (χ0) is 12.9. The summed E-state index contributed by atoms with van der Waals surface area (Å²) in [6.45, 7) is 2.44. The van der Waals surface area contributed by atoms with Gasteiger partial charge in [-0.3, -0.25) is 4.79 Å². The van der Waals surface area contributed by atoms with Crippen molar-refractivity contribution in [2.24, 2.45) is 5.41 Å². The maximum Gasteiger partial charge on any atom is 0.326 e. The normalized spacial score (nSPS) is 18.5. The molecule has 0 saturated heterocycles. The van der Waals surface area contributed by atoms with Crippen LogP contribution in [0.4, 0.5) is 0 Å². The highest BCUT2D eigenvalue weighted by Crippen LogP contribution is 2.49. The number of aliphatic carboxylic acids is 1. The average Bonchev–Trinajstić information content (AvgIpc) is 3.06. The van der Waals surface area contributed by atoms with Gasteiger partial charge in [0, 0.05) is 13.7 Å². The zero-order valence-electron chi connectivity index (χ0n) is 10.5. The van der Waals surface area contributed by atoms with Crippen molar-refractivity contribution in [3.05, 3.63) is 0 Å². The van der Waals surface area contributed by atoms with Gasteiger partial charge < -0.3 is 15.2 Å². The molecule has 0 bridgehead atoms. The second kappa shape index (κ2) is 6.00. The van der Waals surface area contributed by atoms with Gasteiger partial charge in [0.2, 0.25) is 5.91 Å². The minimum atomic E-state index is -0.956. The van der Waals surface area contributed by atoms with E-state index in [4.69, 9.17) is 9.84 Å². The summed E-state index contributed by atoms with van der Waals surface area (Å²) in [7, 11) is 1.60. The molecule has 0 aromatic heterocycles. The number of carboxylic acid groups (broad SMARTS) is 1. The molecule has 5 nitrogen and oxygen atoms in total. The van der Waals surface area contributed by atoms with Crippen molar-refractivity contribution in [1.29, 1.82) is 0 Å². The van der Waals surface area contributed by atoms with Crippen LogP contribution in [0.15, 0.2) is 0 Å². The van der Waals surface area contributed by atoms with E-state index in [0.29, 0.717) is 19.4 Å². The molecule has 0 spiro atoms. The summed E-state index contributed by atoms with van der Waals surface area (Å²) in [4.78, 5) is 22.9. The first kappa shape index (κ1) is 14.0. The van der Waals surface area contributed by atoms with Crippen molar-refractivity contribution < 1.29 is 19.4 Å². The van der Waals surface area contributed by atoms with Crippen LogP contribution < -0.4 is 5.32 Å². The van der Waals surface area contributed by atoms with Gasteiger partial charge in [0.25, 0.3) is 0 Å². The Hall–Kier alpha value is -1.10. The maximum atomic E-state index is 12.0. The van der Waals surface area contributed by atoms with Gasteiger partial charge in [0.05, 0.1) is 5.41 Å². The molecule has 1 aliphatic carbocycles. The number of hydrogen-bond acceptors (Lipinski definition) is 3. The molecule has 98 valence electrons. The van der Waals surface area contributed by atoms with Gasteiger partial charge in [-0.1, -0.05) is 13.3 Å². The molecule has 1 unspecified atom stereocenters. The highest BCUT2D eigenvalue weighted by Gasteiger charge is 2.49. The number of carboxylic acids is 1. The van der Waals surface area contributed by atoms with Gasteiger partial charge in [-0.15, -0.1) is 0 Å². The molecule has 1 saturated carbocycles. The number of carbonyl (C=O) groups excluding carboxylic acids is 1. The minimum absolute atomic E-state index is 0.129. The summed E-state index contributed by atoms with van der Waals surface area (Å²) in [5.41, 5.74) is -0.364. The van der Waals surface area contributed by atoms with E-state index in [0.717, 1.165) is 19.3 Å². The van der Waals surface area contributed by atoms with E-state index < -0.39 is 12.0 Å². The predicted octanol–water partition coefficient (Wildman–Crippen LogP) is 1.17. The largest absolute Gasteiger partial charge is 0.480 e. The van der Waals surface area contributed by atoms with Crippen LogP contribution in [0.1, 0.15) is 39.0 Å². The number of nitrogens with one attached hydrogen (secondary N) is 1. The Balaban J connectivity index is 2.49. The van der Waals surface area contributed by atoms with E-state index in [1.54, 1.807) is 7.11 Å². The first-order valence-corrected chi connectivity index (χ1v) is 6.08. The summed E-state index contributed by atoms with van der Waals surface area (Å²) in [6.07, 6.45) is 3.55. The number of methoxy groups -OCH3 is 1. The lowest BCUT2D eigenvalue weighted by Gasteiger charge is -2.19. The predicted molar refractivity (Wildman–Crippen MR) is 62.6 cm³/mol. The fraction of sp³-hybridized carbons (Fsp3) is 0.833. The van der Waals surface area contributed by atoms with Crippen LogP contribution in [0, 0.1) is 5.41 Å². The third-order valence-electron chi connectivity index (χ3n) is 3.30. The van der Waals surface area contributed by atoms with Crippen LogP contribution in [0.25, 0.3) is 0 Å². The van der Waals surface area contributed by atoms with E-state index in [9.17, 15) is 9.59 Å². The Morgan fingerprint density at radius 1 is 1.47 bits per heavy atom. The molecular formula is C12H21NO4. The van der Waals surface area contributed by atoms with E-state index >= 15 is 0 Å². The molecule has 0 aromatic rings. The van der Waals surface area contributed by atoms with Crippen molar-refractivity contribution in [1.82, 2.24) is 5.32 Å². The van der Waals surface area contributed by atoms with Gasteiger partial charge in [-0.05, 0) is 25.7 Å². The lowest BCUT2D eigenvalue weighted by atomic mass is 10.0. The number of rotatable bonds is 8. The van der Waals surface area contributed by atoms with Gasteiger partial charge in [0.15, 0.2) is 0 Å². The van der Waals surface area contributed by atoms with Crippen molar-refractivity contribution >= 4 is 11.9 Å². The Bertz CT molecular complexity index is 286. The minimum Gasteiger partial charge on any atom is -0.480 e. The number of carbonyl (C=O) groups is 2. The Morgan fingerprint density at radius 2 is 2.12 bits per heavy atom. The van der Waals surface area contributed by atoms with E-state index in [1.807, 2.05) is 6.92 Å². The second-order valence-corrected chi connectivity index (χ2v) is 4.68. The Labute approximate surface area is 102 Å². The molecule has 0 aromatic carbocycles. The molecular weight excluding hydrogens is 222 g/mol. The van der Waals surface area contributed by atoms with Crippen LogP contribution in [-0.4, -0.2) is 36.7 Å². The average molecular weight is 243 g/mol. The van der Waals surface area contributed by atoms with Crippen LogP contribution >= 0.6 is 0 Å². The smallest absolute Gasteiger partial charge is 0.326 e. The molecule has 17 heavy (non-hydrogen) atoms. The molecule has 0 heterocycles. The van der Waals surface area contributed by atoms with Crippen LogP contribution in [0.2, 0.25) is 0 Å². The number of ether oxygens (including phenoxy) is 1. The van der Waals surface area contributed by atoms with Crippen molar-refractivity contribution in [3.63, 3.8) is 0 Å². The molecule has 5 heteroatoms. The van der Waals surface area contributed by atoms with E-state index in [2.05, 4.69) is 5.32 Å². The molecule has 1 aliphatic rings.